The van der Waals surface area contributed by atoms with E-state index in [0.717, 1.165) is 0 Å². The van der Waals surface area contributed by atoms with Gasteiger partial charge in [-0.2, -0.15) is 0 Å². The highest BCUT2D eigenvalue weighted by Gasteiger charge is 2.65. The first-order chi connectivity index (χ1) is 9.11. The van der Waals surface area contributed by atoms with Gasteiger partial charge in [-0.3, -0.25) is 0 Å². The molecular formula is C17H36O2Si2. The van der Waals surface area contributed by atoms with E-state index in [4.69, 9.17) is 9.16 Å². The van der Waals surface area contributed by atoms with Crippen molar-refractivity contribution in [1.29, 1.82) is 0 Å². The van der Waals surface area contributed by atoms with Crippen molar-refractivity contribution in [3.05, 3.63) is 12.7 Å². The minimum absolute atomic E-state index is 0.233. The zero-order chi connectivity index (χ0) is 16.9. The smallest absolute Gasteiger partial charge is 0.192 e. The van der Waals surface area contributed by atoms with Crippen LogP contribution in [0.15, 0.2) is 12.7 Å². The Morgan fingerprint density at radius 1 is 1.05 bits per heavy atom. The molecular weight excluding hydrogens is 292 g/mol. The summed E-state index contributed by atoms with van der Waals surface area (Å²) in [7, 11) is -3.27. The summed E-state index contributed by atoms with van der Waals surface area (Å²) in [6.07, 6.45) is 1.99. The van der Waals surface area contributed by atoms with Crippen molar-refractivity contribution in [2.75, 3.05) is 6.61 Å². The fourth-order valence-corrected chi connectivity index (χ4v) is 5.91. The van der Waals surface area contributed by atoms with Gasteiger partial charge >= 0.3 is 0 Å². The van der Waals surface area contributed by atoms with Gasteiger partial charge in [0, 0.05) is 0 Å². The summed E-state index contributed by atoms with van der Waals surface area (Å²) >= 11 is 0. The monoisotopic (exact) mass is 328 g/mol. The van der Waals surface area contributed by atoms with E-state index in [0.29, 0.717) is 17.4 Å². The van der Waals surface area contributed by atoms with E-state index < -0.39 is 16.4 Å². The lowest BCUT2D eigenvalue weighted by Gasteiger charge is -2.38. The number of hydrogen-bond donors (Lipinski definition) is 0. The molecule has 4 heteroatoms. The molecule has 124 valence electrons. The predicted octanol–water partition coefficient (Wildman–Crippen LogP) is 5.38. The van der Waals surface area contributed by atoms with Crippen LogP contribution in [0.1, 0.15) is 41.5 Å². The first kappa shape index (κ1) is 19.1. The third-order valence-corrected chi connectivity index (χ3v) is 16.4. The normalized spacial score (nSPS) is 27.6. The summed E-state index contributed by atoms with van der Waals surface area (Å²) in [5.74, 6) is 0. The van der Waals surface area contributed by atoms with Crippen LogP contribution in [0.4, 0.5) is 0 Å². The van der Waals surface area contributed by atoms with Crippen LogP contribution in [0, 0.1) is 0 Å². The molecule has 0 aromatic rings. The Morgan fingerprint density at radius 2 is 1.52 bits per heavy atom. The lowest BCUT2D eigenvalue weighted by atomic mass is 10.2. The number of hydrogen-bond acceptors (Lipinski definition) is 2. The Balaban J connectivity index is 2.83. The van der Waals surface area contributed by atoms with Crippen LogP contribution in [0.2, 0.25) is 36.3 Å². The minimum atomic E-state index is -1.74. The number of epoxide rings is 1. The first-order valence-corrected chi connectivity index (χ1v) is 14.0. The Labute approximate surface area is 134 Å². The summed E-state index contributed by atoms with van der Waals surface area (Å²) in [5, 5.41) is 0.552. The average molecular weight is 329 g/mol. The lowest BCUT2D eigenvalue weighted by Crippen LogP contribution is -2.49. The fourth-order valence-electron chi connectivity index (χ4n) is 2.17. The molecule has 1 aliphatic heterocycles. The maximum Gasteiger partial charge on any atom is 0.192 e. The average Bonchev–Trinajstić information content (AvgIpc) is 2.99. The van der Waals surface area contributed by atoms with Crippen LogP contribution in [-0.2, 0) is 9.16 Å². The van der Waals surface area contributed by atoms with Gasteiger partial charge in [-0.25, -0.2) is 0 Å². The highest BCUT2D eigenvalue weighted by Crippen LogP contribution is 2.52. The highest BCUT2D eigenvalue weighted by molar-refractivity contribution is 6.82. The molecule has 1 heterocycles. The van der Waals surface area contributed by atoms with Crippen molar-refractivity contribution in [2.24, 2.45) is 0 Å². The molecule has 0 aromatic carbocycles. The second-order valence-electron chi connectivity index (χ2n) is 9.68. The molecule has 2 nitrogen and oxygen atoms in total. The van der Waals surface area contributed by atoms with Gasteiger partial charge in [-0.15, -0.1) is 6.58 Å². The van der Waals surface area contributed by atoms with Crippen LogP contribution in [-0.4, -0.2) is 34.3 Å². The third-order valence-electron chi connectivity index (χ3n) is 6.12. The summed E-state index contributed by atoms with van der Waals surface area (Å²) in [5.41, 5.74) is 0.0886. The van der Waals surface area contributed by atoms with E-state index in [9.17, 15) is 0 Å². The van der Waals surface area contributed by atoms with Gasteiger partial charge < -0.3 is 9.16 Å². The van der Waals surface area contributed by atoms with Crippen molar-refractivity contribution < 1.29 is 9.16 Å². The van der Waals surface area contributed by atoms with Gasteiger partial charge in [0.2, 0.25) is 0 Å². The second kappa shape index (κ2) is 5.32. The Hall–Kier alpha value is 0.0938. The van der Waals surface area contributed by atoms with Gasteiger partial charge in [-0.1, -0.05) is 60.7 Å². The Morgan fingerprint density at radius 3 is 1.86 bits per heavy atom. The first-order valence-electron chi connectivity index (χ1n) is 8.06. The molecule has 21 heavy (non-hydrogen) atoms. The zero-order valence-corrected chi connectivity index (χ0v) is 17.9. The largest absolute Gasteiger partial charge is 0.413 e. The molecule has 0 amide bonds. The number of ether oxygens (including phenoxy) is 1. The molecule has 1 aliphatic rings. The van der Waals surface area contributed by atoms with E-state index in [1.807, 2.05) is 6.08 Å². The fraction of sp³-hybridized carbons (Fsp3) is 0.882. The Bertz CT molecular complexity index is 402. The van der Waals surface area contributed by atoms with Crippen molar-refractivity contribution >= 4 is 16.4 Å². The highest BCUT2D eigenvalue weighted by atomic mass is 28.4. The molecule has 1 saturated heterocycles. The molecule has 0 spiro atoms. The molecule has 2 atom stereocenters. The Kier molecular flexibility index (Phi) is 4.85. The third kappa shape index (κ3) is 3.54. The molecule has 0 aliphatic carbocycles. The van der Waals surface area contributed by atoms with Gasteiger partial charge in [0.15, 0.2) is 8.32 Å². The summed E-state index contributed by atoms with van der Waals surface area (Å²) in [4.78, 5) is 0. The van der Waals surface area contributed by atoms with Crippen LogP contribution in [0.3, 0.4) is 0 Å². The quantitative estimate of drug-likeness (QED) is 0.384. The van der Waals surface area contributed by atoms with Crippen LogP contribution < -0.4 is 0 Å². The van der Waals surface area contributed by atoms with Gasteiger partial charge in [0.1, 0.15) is 5.60 Å². The van der Waals surface area contributed by atoms with Gasteiger partial charge in [0.05, 0.1) is 20.4 Å². The molecule has 1 fully saturated rings. The van der Waals surface area contributed by atoms with Gasteiger partial charge in [0.25, 0.3) is 0 Å². The summed E-state index contributed by atoms with van der Waals surface area (Å²) < 4.78 is 12.6. The predicted molar refractivity (Wildman–Crippen MR) is 98.1 cm³/mol. The molecule has 1 rings (SSSR count). The van der Waals surface area contributed by atoms with E-state index >= 15 is 0 Å². The van der Waals surface area contributed by atoms with E-state index in [-0.39, 0.29) is 10.6 Å². The molecule has 0 N–H and O–H groups in total. The molecule has 0 saturated carbocycles. The maximum absolute atomic E-state index is 6.42. The van der Waals surface area contributed by atoms with E-state index in [1.165, 1.54) is 0 Å². The van der Waals surface area contributed by atoms with Crippen molar-refractivity contribution in [3.8, 4) is 0 Å². The maximum atomic E-state index is 6.42. The topological polar surface area (TPSA) is 21.8 Å². The molecule has 0 radical (unpaired) electrons. The SMILES string of the molecule is C=C[C@]1(CO[Si](C)(C)C(C)(C)C)O[C@@H]1[Si](C)(C)C(C)(C)C. The molecule has 0 aromatic heterocycles. The van der Waals surface area contributed by atoms with Crippen molar-refractivity contribution in [3.63, 3.8) is 0 Å². The van der Waals surface area contributed by atoms with Crippen LogP contribution in [0.25, 0.3) is 0 Å². The second-order valence-corrected chi connectivity index (χ2v) is 20.0. The van der Waals surface area contributed by atoms with E-state index in [1.54, 1.807) is 0 Å². The van der Waals surface area contributed by atoms with Crippen molar-refractivity contribution in [2.45, 2.75) is 89.1 Å². The minimum Gasteiger partial charge on any atom is -0.413 e. The van der Waals surface area contributed by atoms with Gasteiger partial charge in [-0.05, 0) is 23.2 Å². The zero-order valence-electron chi connectivity index (χ0n) is 15.9. The standard InChI is InChI=1S/C17H36O2Si2/c1-12-17(13-18-21(10,11)16(5,6)7)14(19-17)20(8,9)15(2,3)4/h12,14H,1,13H2,2-11H3/t14-,17-/m1/s1. The van der Waals surface area contributed by atoms with E-state index in [2.05, 4.69) is 74.3 Å². The molecule has 0 bridgehead atoms. The summed E-state index contributed by atoms with van der Waals surface area (Å²) in [6, 6.07) is 0. The number of rotatable bonds is 5. The van der Waals surface area contributed by atoms with Crippen molar-refractivity contribution in [1.82, 2.24) is 0 Å². The summed E-state index contributed by atoms with van der Waals surface area (Å²) in [6.45, 7) is 28.0. The molecule has 0 unspecified atom stereocenters. The van der Waals surface area contributed by atoms with Crippen LogP contribution >= 0.6 is 0 Å². The lowest BCUT2D eigenvalue weighted by molar-refractivity contribution is 0.205. The van der Waals surface area contributed by atoms with Crippen LogP contribution in [0.5, 0.6) is 0 Å².